The number of nitrogens with one attached hydrogen (secondary N) is 1. The van der Waals surface area contributed by atoms with Crippen LogP contribution >= 0.6 is 0 Å². The van der Waals surface area contributed by atoms with E-state index in [0.29, 0.717) is 5.92 Å². The Morgan fingerprint density at radius 3 is 2.35 bits per heavy atom. The molecule has 0 heterocycles. The lowest BCUT2D eigenvalue weighted by Crippen LogP contribution is -2.53. The summed E-state index contributed by atoms with van der Waals surface area (Å²) in [7, 11) is 2.08. The van der Waals surface area contributed by atoms with E-state index in [1.54, 1.807) is 0 Å². The summed E-state index contributed by atoms with van der Waals surface area (Å²) < 4.78 is 0. The molecule has 3 heteroatoms. The number of likely N-dealkylation sites (N-methyl/N-ethyl adjacent to an activating group) is 2. The average Bonchev–Trinajstić information content (AvgIpc) is 3.21. The smallest absolute Gasteiger partial charge is 0.127 e. The van der Waals surface area contributed by atoms with Crippen molar-refractivity contribution < 1.29 is 0 Å². The molecule has 108 valence electrons. The van der Waals surface area contributed by atoms with Crippen LogP contribution in [0.25, 0.3) is 0 Å². The molecule has 1 aliphatic rings. The van der Waals surface area contributed by atoms with Crippen molar-refractivity contribution in [1.82, 2.24) is 5.32 Å². The molecule has 2 rings (SSSR count). The lowest BCUT2D eigenvalue weighted by atomic mass is 9.93. The van der Waals surface area contributed by atoms with E-state index >= 15 is 0 Å². The molecule has 1 fully saturated rings. The summed E-state index contributed by atoms with van der Waals surface area (Å²) in [6, 6.07) is 9.11. The Hall–Kier alpha value is -1.53. The Labute approximate surface area is 122 Å². The topological polar surface area (TPSA) is 39.1 Å². The van der Waals surface area contributed by atoms with E-state index in [1.807, 2.05) is 0 Å². The van der Waals surface area contributed by atoms with Gasteiger partial charge in [0.1, 0.15) is 5.54 Å². The maximum atomic E-state index is 9.68. The van der Waals surface area contributed by atoms with Gasteiger partial charge in [-0.3, -0.25) is 5.32 Å². The number of nitrogens with zero attached hydrogens (tertiary/aromatic N) is 2. The maximum Gasteiger partial charge on any atom is 0.127 e. The summed E-state index contributed by atoms with van der Waals surface area (Å²) in [4.78, 5) is 2.21. The van der Waals surface area contributed by atoms with Gasteiger partial charge in [0.05, 0.1) is 6.07 Å². The molecule has 1 saturated carbocycles. The molecule has 0 spiro atoms. The zero-order valence-corrected chi connectivity index (χ0v) is 13.0. The van der Waals surface area contributed by atoms with E-state index in [-0.39, 0.29) is 0 Å². The third-order valence-corrected chi connectivity index (χ3v) is 4.10. The quantitative estimate of drug-likeness (QED) is 0.864. The zero-order valence-electron chi connectivity index (χ0n) is 13.0. The fraction of sp³-hybridized carbons (Fsp3) is 0.588. The van der Waals surface area contributed by atoms with E-state index < -0.39 is 5.54 Å². The minimum atomic E-state index is -0.402. The summed E-state index contributed by atoms with van der Waals surface area (Å²) >= 11 is 0. The Kier molecular flexibility index (Phi) is 4.35. The van der Waals surface area contributed by atoms with Crippen LogP contribution in [-0.4, -0.2) is 25.7 Å². The van der Waals surface area contributed by atoms with Gasteiger partial charge in [-0.1, -0.05) is 13.0 Å². The number of nitriles is 1. The molecule has 0 amide bonds. The molecule has 0 bridgehead atoms. The Balaban J connectivity index is 2.19. The van der Waals surface area contributed by atoms with Crippen LogP contribution in [0.15, 0.2) is 18.2 Å². The first-order valence-electron chi connectivity index (χ1n) is 7.46. The highest BCUT2D eigenvalue weighted by Crippen LogP contribution is 2.40. The van der Waals surface area contributed by atoms with Crippen molar-refractivity contribution >= 4 is 5.69 Å². The Morgan fingerprint density at radius 1 is 1.30 bits per heavy atom. The molecule has 3 nitrogen and oxygen atoms in total. The number of anilines is 1. The fourth-order valence-electron chi connectivity index (χ4n) is 3.02. The van der Waals surface area contributed by atoms with E-state index in [1.165, 1.54) is 29.7 Å². The van der Waals surface area contributed by atoms with Crippen LogP contribution in [0.5, 0.6) is 0 Å². The summed E-state index contributed by atoms with van der Waals surface area (Å²) in [6.45, 7) is 7.89. The molecular formula is C17H25N3. The normalized spacial score (nSPS) is 17.4. The van der Waals surface area contributed by atoms with Gasteiger partial charge in [-0.15, -0.1) is 0 Å². The SMILES string of the molecule is CCNC(C#N)(CN(C)c1cc(C)cc(C)c1)C1CC1. The van der Waals surface area contributed by atoms with Gasteiger partial charge < -0.3 is 4.90 Å². The average molecular weight is 271 g/mol. The van der Waals surface area contributed by atoms with Crippen molar-refractivity contribution in [1.29, 1.82) is 5.26 Å². The summed E-state index contributed by atoms with van der Waals surface area (Å²) in [5.41, 5.74) is 3.33. The lowest BCUT2D eigenvalue weighted by Gasteiger charge is -2.33. The predicted molar refractivity (Wildman–Crippen MR) is 83.9 cm³/mol. The van der Waals surface area contributed by atoms with Crippen LogP contribution in [0.1, 0.15) is 30.9 Å². The number of aryl methyl sites for hydroxylation is 2. The first-order valence-corrected chi connectivity index (χ1v) is 7.46. The van der Waals surface area contributed by atoms with Crippen molar-refractivity contribution in [3.05, 3.63) is 29.3 Å². The van der Waals surface area contributed by atoms with Gasteiger partial charge >= 0.3 is 0 Å². The second kappa shape index (κ2) is 5.85. The molecule has 20 heavy (non-hydrogen) atoms. The molecule has 1 atom stereocenters. The van der Waals surface area contributed by atoms with Gasteiger partial charge in [-0.25, -0.2) is 0 Å². The minimum Gasteiger partial charge on any atom is -0.372 e. The molecule has 0 aliphatic heterocycles. The number of benzene rings is 1. The molecule has 0 aromatic heterocycles. The van der Waals surface area contributed by atoms with Crippen molar-refractivity contribution in [2.24, 2.45) is 5.92 Å². The molecule has 1 N–H and O–H groups in total. The van der Waals surface area contributed by atoms with Gasteiger partial charge in [-0.2, -0.15) is 5.26 Å². The van der Waals surface area contributed by atoms with Crippen LogP contribution in [0, 0.1) is 31.1 Å². The highest BCUT2D eigenvalue weighted by atomic mass is 15.2. The van der Waals surface area contributed by atoms with Crippen molar-refractivity contribution in [2.75, 3.05) is 25.0 Å². The minimum absolute atomic E-state index is 0.402. The fourth-order valence-corrected chi connectivity index (χ4v) is 3.02. The maximum absolute atomic E-state index is 9.68. The molecule has 1 unspecified atom stereocenters. The first kappa shape index (κ1) is 14.9. The lowest BCUT2D eigenvalue weighted by molar-refractivity contribution is 0.377. The number of hydrogen-bond donors (Lipinski definition) is 1. The van der Waals surface area contributed by atoms with Gasteiger partial charge in [0.2, 0.25) is 0 Å². The highest BCUT2D eigenvalue weighted by Gasteiger charge is 2.45. The molecular weight excluding hydrogens is 246 g/mol. The van der Waals surface area contributed by atoms with Crippen LogP contribution in [0.3, 0.4) is 0 Å². The van der Waals surface area contributed by atoms with Crippen LogP contribution < -0.4 is 10.2 Å². The van der Waals surface area contributed by atoms with Crippen molar-refractivity contribution in [3.8, 4) is 6.07 Å². The third-order valence-electron chi connectivity index (χ3n) is 4.10. The third kappa shape index (κ3) is 3.13. The van der Waals surface area contributed by atoms with Gasteiger partial charge in [0.25, 0.3) is 0 Å². The molecule has 1 aliphatic carbocycles. The van der Waals surface area contributed by atoms with E-state index in [4.69, 9.17) is 0 Å². The number of hydrogen-bond acceptors (Lipinski definition) is 3. The molecule has 0 saturated heterocycles. The van der Waals surface area contributed by atoms with E-state index in [0.717, 1.165) is 13.1 Å². The highest BCUT2D eigenvalue weighted by molar-refractivity contribution is 5.51. The van der Waals surface area contributed by atoms with E-state index in [9.17, 15) is 5.26 Å². The summed E-state index contributed by atoms with van der Waals surface area (Å²) in [6.07, 6.45) is 2.34. The van der Waals surface area contributed by atoms with Gasteiger partial charge in [0.15, 0.2) is 0 Å². The zero-order chi connectivity index (χ0) is 14.8. The largest absolute Gasteiger partial charge is 0.372 e. The second-order valence-corrected chi connectivity index (χ2v) is 6.09. The summed E-state index contributed by atoms with van der Waals surface area (Å²) in [5.74, 6) is 0.501. The Morgan fingerprint density at radius 2 is 1.90 bits per heavy atom. The van der Waals surface area contributed by atoms with E-state index in [2.05, 4.69) is 62.3 Å². The van der Waals surface area contributed by atoms with Gasteiger partial charge in [-0.05, 0) is 62.4 Å². The van der Waals surface area contributed by atoms with Crippen LogP contribution in [0.4, 0.5) is 5.69 Å². The summed E-state index contributed by atoms with van der Waals surface area (Å²) in [5, 5.41) is 13.1. The molecule has 0 radical (unpaired) electrons. The Bertz CT molecular complexity index is 493. The molecule has 1 aromatic carbocycles. The standard InChI is InChI=1S/C17H25N3/c1-5-19-17(11-18,15-6-7-15)12-20(4)16-9-13(2)8-14(3)10-16/h8-10,15,19H,5-7,12H2,1-4H3. The first-order chi connectivity index (χ1) is 9.50. The molecule has 1 aromatic rings. The number of rotatable bonds is 6. The van der Waals surface area contributed by atoms with Crippen LogP contribution in [0.2, 0.25) is 0 Å². The monoisotopic (exact) mass is 271 g/mol. The van der Waals surface area contributed by atoms with Crippen molar-refractivity contribution in [3.63, 3.8) is 0 Å². The predicted octanol–water partition coefficient (Wildman–Crippen LogP) is 3.02. The van der Waals surface area contributed by atoms with Gasteiger partial charge in [0, 0.05) is 19.3 Å². The second-order valence-electron chi connectivity index (χ2n) is 6.09. The van der Waals surface area contributed by atoms with Crippen molar-refractivity contribution in [2.45, 2.75) is 39.2 Å². The van der Waals surface area contributed by atoms with Crippen LogP contribution in [-0.2, 0) is 0 Å².